The Morgan fingerprint density at radius 1 is 1.31 bits per heavy atom. The van der Waals surface area contributed by atoms with Crippen LogP contribution in [0, 0.1) is 0 Å². The van der Waals surface area contributed by atoms with Crippen LogP contribution >= 0.6 is 0 Å². The van der Waals surface area contributed by atoms with Gasteiger partial charge in [-0.3, -0.25) is 0 Å². The standard InChI is InChI=1S/C11H13NO/c13-9-11(6-7-12-8-11)10-4-2-1-3-5-10/h1-5,9,12H,6-8H2. The van der Waals surface area contributed by atoms with E-state index in [1.54, 1.807) is 0 Å². The third-order valence-corrected chi connectivity index (χ3v) is 2.76. The van der Waals surface area contributed by atoms with E-state index in [-0.39, 0.29) is 5.41 Å². The van der Waals surface area contributed by atoms with Gasteiger partial charge < -0.3 is 10.1 Å². The summed E-state index contributed by atoms with van der Waals surface area (Å²) in [6.07, 6.45) is 2.00. The van der Waals surface area contributed by atoms with Crippen molar-refractivity contribution in [1.29, 1.82) is 0 Å². The number of benzene rings is 1. The maximum absolute atomic E-state index is 11.1. The summed E-state index contributed by atoms with van der Waals surface area (Å²) in [5.74, 6) is 0. The molecule has 1 atom stereocenters. The molecule has 1 heterocycles. The van der Waals surface area contributed by atoms with Gasteiger partial charge in [0.05, 0.1) is 5.41 Å². The molecule has 1 aliphatic rings. The molecule has 0 amide bonds. The molecule has 1 aromatic carbocycles. The molecule has 1 unspecified atom stereocenters. The number of hydrogen-bond acceptors (Lipinski definition) is 2. The van der Waals surface area contributed by atoms with Crippen LogP contribution in [0.4, 0.5) is 0 Å². The molecule has 1 N–H and O–H groups in total. The van der Waals surface area contributed by atoms with Crippen LogP contribution < -0.4 is 5.32 Å². The Morgan fingerprint density at radius 3 is 2.62 bits per heavy atom. The average molecular weight is 175 g/mol. The van der Waals surface area contributed by atoms with E-state index >= 15 is 0 Å². The van der Waals surface area contributed by atoms with E-state index in [4.69, 9.17) is 0 Å². The summed E-state index contributed by atoms with van der Waals surface area (Å²) in [5.41, 5.74) is 0.872. The van der Waals surface area contributed by atoms with Crippen molar-refractivity contribution >= 4 is 6.29 Å². The smallest absolute Gasteiger partial charge is 0.131 e. The quantitative estimate of drug-likeness (QED) is 0.682. The number of aldehydes is 1. The summed E-state index contributed by atoms with van der Waals surface area (Å²) >= 11 is 0. The van der Waals surface area contributed by atoms with E-state index in [0.29, 0.717) is 0 Å². The number of hydrogen-bond donors (Lipinski definition) is 1. The van der Waals surface area contributed by atoms with Crippen LogP contribution in [0.1, 0.15) is 12.0 Å². The summed E-state index contributed by atoms with van der Waals surface area (Å²) in [7, 11) is 0. The van der Waals surface area contributed by atoms with Crippen LogP contribution in [0.15, 0.2) is 30.3 Å². The van der Waals surface area contributed by atoms with Crippen LogP contribution in [0.3, 0.4) is 0 Å². The minimum atomic E-state index is -0.263. The van der Waals surface area contributed by atoms with E-state index in [0.717, 1.165) is 31.4 Å². The first kappa shape index (κ1) is 8.45. The van der Waals surface area contributed by atoms with Gasteiger partial charge in [0, 0.05) is 6.54 Å². The van der Waals surface area contributed by atoms with Gasteiger partial charge in [0.2, 0.25) is 0 Å². The van der Waals surface area contributed by atoms with Gasteiger partial charge in [-0.1, -0.05) is 30.3 Å². The molecule has 68 valence electrons. The zero-order valence-electron chi connectivity index (χ0n) is 7.49. The summed E-state index contributed by atoms with van der Waals surface area (Å²) in [5, 5.41) is 3.23. The van der Waals surface area contributed by atoms with Crippen LogP contribution in [0.5, 0.6) is 0 Å². The van der Waals surface area contributed by atoms with Gasteiger partial charge >= 0.3 is 0 Å². The predicted molar refractivity (Wildman–Crippen MR) is 51.7 cm³/mol. The van der Waals surface area contributed by atoms with E-state index in [1.165, 1.54) is 0 Å². The lowest BCUT2D eigenvalue weighted by atomic mass is 9.81. The van der Waals surface area contributed by atoms with E-state index in [9.17, 15) is 4.79 Å². The predicted octanol–water partition coefficient (Wildman–Crippen LogP) is 1.12. The SMILES string of the molecule is O=CC1(c2ccccc2)CCNC1. The second-order valence-electron chi connectivity index (χ2n) is 3.57. The summed E-state index contributed by atoms with van der Waals surface area (Å²) in [6.45, 7) is 1.72. The molecular weight excluding hydrogens is 162 g/mol. The summed E-state index contributed by atoms with van der Waals surface area (Å²) in [6, 6.07) is 10.0. The fourth-order valence-corrected chi connectivity index (χ4v) is 1.90. The normalized spacial score (nSPS) is 27.4. The van der Waals surface area contributed by atoms with Crippen molar-refractivity contribution in [2.75, 3.05) is 13.1 Å². The van der Waals surface area contributed by atoms with Crippen molar-refractivity contribution < 1.29 is 4.79 Å². The monoisotopic (exact) mass is 175 g/mol. The van der Waals surface area contributed by atoms with Gasteiger partial charge in [-0.25, -0.2) is 0 Å². The lowest BCUT2D eigenvalue weighted by molar-refractivity contribution is -0.112. The fraction of sp³-hybridized carbons (Fsp3) is 0.364. The second-order valence-corrected chi connectivity index (χ2v) is 3.57. The van der Waals surface area contributed by atoms with Crippen LogP contribution in [-0.4, -0.2) is 19.4 Å². The molecule has 0 radical (unpaired) electrons. The molecule has 1 saturated heterocycles. The summed E-state index contributed by atoms with van der Waals surface area (Å²) < 4.78 is 0. The Balaban J connectivity index is 2.36. The molecule has 1 aliphatic heterocycles. The molecule has 2 nitrogen and oxygen atoms in total. The molecule has 0 bridgehead atoms. The highest BCUT2D eigenvalue weighted by Crippen LogP contribution is 2.27. The maximum Gasteiger partial charge on any atom is 0.131 e. The third-order valence-electron chi connectivity index (χ3n) is 2.76. The fourth-order valence-electron chi connectivity index (χ4n) is 1.90. The Morgan fingerprint density at radius 2 is 2.08 bits per heavy atom. The van der Waals surface area contributed by atoms with E-state index < -0.39 is 0 Å². The molecule has 0 saturated carbocycles. The molecule has 1 fully saturated rings. The van der Waals surface area contributed by atoms with Gasteiger partial charge in [-0.2, -0.15) is 0 Å². The number of carbonyl (C=O) groups excluding carboxylic acids is 1. The Labute approximate surface area is 78.0 Å². The topological polar surface area (TPSA) is 29.1 Å². The Hall–Kier alpha value is -1.15. The molecule has 0 aromatic heterocycles. The van der Waals surface area contributed by atoms with Crippen molar-refractivity contribution in [3.63, 3.8) is 0 Å². The zero-order valence-corrected chi connectivity index (χ0v) is 7.49. The van der Waals surface area contributed by atoms with Gasteiger partial charge in [-0.15, -0.1) is 0 Å². The maximum atomic E-state index is 11.1. The number of nitrogens with one attached hydrogen (secondary N) is 1. The van der Waals surface area contributed by atoms with Crippen molar-refractivity contribution in [2.24, 2.45) is 0 Å². The molecule has 2 heteroatoms. The first-order chi connectivity index (χ1) is 6.37. The average Bonchev–Trinajstić information content (AvgIpc) is 2.69. The highest BCUT2D eigenvalue weighted by Gasteiger charge is 2.34. The number of carbonyl (C=O) groups is 1. The van der Waals surface area contributed by atoms with Crippen LogP contribution in [0.2, 0.25) is 0 Å². The minimum absolute atomic E-state index is 0.263. The Bertz CT molecular complexity index is 288. The highest BCUT2D eigenvalue weighted by molar-refractivity contribution is 5.69. The lowest BCUT2D eigenvalue weighted by Crippen LogP contribution is -2.30. The second kappa shape index (κ2) is 3.30. The highest BCUT2D eigenvalue weighted by atomic mass is 16.1. The Kier molecular flexibility index (Phi) is 2.15. The molecule has 0 aliphatic carbocycles. The van der Waals surface area contributed by atoms with Crippen LogP contribution in [-0.2, 0) is 10.2 Å². The molecule has 1 aromatic rings. The molecule has 2 rings (SSSR count). The van der Waals surface area contributed by atoms with Gasteiger partial charge in [0.15, 0.2) is 0 Å². The minimum Gasteiger partial charge on any atom is -0.315 e. The zero-order chi connectivity index (χ0) is 9.15. The third kappa shape index (κ3) is 1.38. The van der Waals surface area contributed by atoms with Gasteiger partial charge in [0.25, 0.3) is 0 Å². The van der Waals surface area contributed by atoms with Crippen molar-refractivity contribution in [2.45, 2.75) is 11.8 Å². The van der Waals surface area contributed by atoms with Gasteiger partial charge in [0.1, 0.15) is 6.29 Å². The van der Waals surface area contributed by atoms with E-state index in [2.05, 4.69) is 5.32 Å². The molecule has 0 spiro atoms. The first-order valence-corrected chi connectivity index (χ1v) is 4.60. The lowest BCUT2D eigenvalue weighted by Gasteiger charge is -2.20. The molecular formula is C11H13NO. The number of rotatable bonds is 2. The largest absolute Gasteiger partial charge is 0.315 e. The molecule has 13 heavy (non-hydrogen) atoms. The van der Waals surface area contributed by atoms with E-state index in [1.807, 2.05) is 30.3 Å². The summed E-state index contributed by atoms with van der Waals surface area (Å²) in [4.78, 5) is 11.1. The van der Waals surface area contributed by atoms with Crippen molar-refractivity contribution in [3.05, 3.63) is 35.9 Å². The van der Waals surface area contributed by atoms with Gasteiger partial charge in [-0.05, 0) is 18.5 Å². The van der Waals surface area contributed by atoms with Crippen molar-refractivity contribution in [1.82, 2.24) is 5.32 Å². The first-order valence-electron chi connectivity index (χ1n) is 4.60. The van der Waals surface area contributed by atoms with Crippen LogP contribution in [0.25, 0.3) is 0 Å². The van der Waals surface area contributed by atoms with Crippen molar-refractivity contribution in [3.8, 4) is 0 Å².